The number of benzene rings is 1. The maximum absolute atomic E-state index is 14.5. The number of nitrogens with zero attached hydrogens (tertiary/aromatic N) is 3. The zero-order valence-electron chi connectivity index (χ0n) is 14.9. The monoisotopic (exact) mass is 376 g/mol. The van der Waals surface area contributed by atoms with Gasteiger partial charge in [0.2, 0.25) is 5.91 Å². The van der Waals surface area contributed by atoms with Gasteiger partial charge in [0, 0.05) is 23.0 Å². The summed E-state index contributed by atoms with van der Waals surface area (Å²) in [7, 11) is 0. The molecule has 1 aromatic carbocycles. The summed E-state index contributed by atoms with van der Waals surface area (Å²) in [5, 5.41) is 8.07. The molecule has 138 valence electrons. The summed E-state index contributed by atoms with van der Waals surface area (Å²) >= 11 is 1.02. The summed E-state index contributed by atoms with van der Waals surface area (Å²) in [4.78, 5) is 27.1. The smallest absolute Gasteiger partial charge is 0.276 e. The number of hydrogen-bond acceptors (Lipinski definition) is 5. The van der Waals surface area contributed by atoms with E-state index in [9.17, 15) is 14.0 Å². The van der Waals surface area contributed by atoms with E-state index in [0.29, 0.717) is 0 Å². The van der Waals surface area contributed by atoms with E-state index in [2.05, 4.69) is 21.5 Å². The Morgan fingerprint density at radius 3 is 2.62 bits per heavy atom. The fraction of sp³-hybridized carbons (Fsp3) is 0.333. The zero-order valence-corrected chi connectivity index (χ0v) is 15.7. The van der Waals surface area contributed by atoms with Gasteiger partial charge in [0.15, 0.2) is 5.69 Å². The molecular weight excluding hydrogens is 355 g/mol. The minimum Gasteiger partial charge on any atom is -0.349 e. The Morgan fingerprint density at radius 1 is 1.38 bits per heavy atom. The molecule has 0 saturated heterocycles. The number of carbonyl (C=O) groups is 2. The van der Waals surface area contributed by atoms with Crippen LogP contribution in [0.1, 0.15) is 42.9 Å². The maximum Gasteiger partial charge on any atom is 0.276 e. The van der Waals surface area contributed by atoms with E-state index in [1.807, 2.05) is 20.8 Å². The maximum atomic E-state index is 14.5. The van der Waals surface area contributed by atoms with E-state index < -0.39 is 29.2 Å². The fourth-order valence-electron chi connectivity index (χ4n) is 2.44. The predicted molar refractivity (Wildman–Crippen MR) is 98.2 cm³/mol. The third kappa shape index (κ3) is 4.72. The van der Waals surface area contributed by atoms with Crippen molar-refractivity contribution < 1.29 is 14.0 Å². The van der Waals surface area contributed by atoms with Gasteiger partial charge >= 0.3 is 0 Å². The number of amides is 2. The van der Waals surface area contributed by atoms with Gasteiger partial charge in [0.1, 0.15) is 11.9 Å². The molecule has 8 heteroatoms. The normalized spacial score (nSPS) is 12.3. The molecule has 6 nitrogen and oxygen atoms in total. The summed E-state index contributed by atoms with van der Waals surface area (Å²) in [5.74, 6) is -1.57. The van der Waals surface area contributed by atoms with Crippen LogP contribution in [0.25, 0.3) is 0 Å². The lowest BCUT2D eigenvalue weighted by molar-refractivity contribution is -0.127. The summed E-state index contributed by atoms with van der Waals surface area (Å²) in [6.45, 7) is 9.13. The van der Waals surface area contributed by atoms with Crippen molar-refractivity contribution >= 4 is 23.3 Å². The van der Waals surface area contributed by atoms with Gasteiger partial charge in [-0.25, -0.2) is 4.39 Å². The molecule has 0 aliphatic rings. The van der Waals surface area contributed by atoms with Crippen LogP contribution in [0.4, 0.5) is 4.39 Å². The highest BCUT2D eigenvalue weighted by molar-refractivity contribution is 7.03. The topological polar surface area (TPSA) is 75.2 Å². The van der Waals surface area contributed by atoms with Crippen LogP contribution in [0, 0.1) is 5.82 Å². The van der Waals surface area contributed by atoms with Crippen molar-refractivity contribution in [1.29, 1.82) is 0 Å². The molecule has 0 fully saturated rings. The lowest BCUT2D eigenvalue weighted by atomic mass is 10.0. The first-order valence-corrected chi connectivity index (χ1v) is 8.83. The SMILES string of the molecule is C=CCN(C(=O)c1csnn1)C(C(=O)NC(C)(C)C)c1ccccc1F. The van der Waals surface area contributed by atoms with Crippen molar-refractivity contribution in [2.24, 2.45) is 0 Å². The third-order valence-electron chi connectivity index (χ3n) is 3.42. The first-order chi connectivity index (χ1) is 12.2. The van der Waals surface area contributed by atoms with Crippen molar-refractivity contribution in [3.05, 3.63) is 59.4 Å². The average molecular weight is 376 g/mol. The molecule has 0 aliphatic heterocycles. The Hall–Kier alpha value is -2.61. The van der Waals surface area contributed by atoms with E-state index in [1.165, 1.54) is 34.6 Å². The molecule has 1 N–H and O–H groups in total. The van der Waals surface area contributed by atoms with Crippen molar-refractivity contribution in [1.82, 2.24) is 19.8 Å². The van der Waals surface area contributed by atoms with Gasteiger partial charge in [0.05, 0.1) is 0 Å². The van der Waals surface area contributed by atoms with Crippen LogP contribution in [-0.2, 0) is 4.79 Å². The minimum absolute atomic E-state index is 0.0485. The van der Waals surface area contributed by atoms with E-state index in [-0.39, 0.29) is 17.8 Å². The highest BCUT2D eigenvalue weighted by Crippen LogP contribution is 2.26. The summed E-state index contributed by atoms with van der Waals surface area (Å²) in [5.41, 5.74) is -0.347. The van der Waals surface area contributed by atoms with Crippen LogP contribution in [0.2, 0.25) is 0 Å². The van der Waals surface area contributed by atoms with Gasteiger partial charge in [-0.3, -0.25) is 9.59 Å². The summed E-state index contributed by atoms with van der Waals surface area (Å²) < 4.78 is 18.2. The van der Waals surface area contributed by atoms with Crippen LogP contribution in [-0.4, -0.2) is 38.4 Å². The zero-order chi connectivity index (χ0) is 19.3. The number of carbonyl (C=O) groups excluding carboxylic acids is 2. The molecule has 0 bridgehead atoms. The molecule has 0 saturated carbocycles. The molecule has 2 rings (SSSR count). The molecule has 0 aliphatic carbocycles. The van der Waals surface area contributed by atoms with Crippen molar-refractivity contribution in [3.63, 3.8) is 0 Å². The molecule has 0 spiro atoms. The number of nitrogens with one attached hydrogen (secondary N) is 1. The average Bonchev–Trinajstić information content (AvgIpc) is 3.08. The molecule has 1 unspecified atom stereocenters. The van der Waals surface area contributed by atoms with E-state index in [0.717, 1.165) is 11.5 Å². The predicted octanol–water partition coefficient (Wildman–Crippen LogP) is 2.96. The molecule has 26 heavy (non-hydrogen) atoms. The van der Waals surface area contributed by atoms with Gasteiger partial charge in [-0.2, -0.15) is 0 Å². The fourth-order valence-corrected chi connectivity index (χ4v) is 2.87. The molecule has 1 aromatic heterocycles. The van der Waals surface area contributed by atoms with Crippen molar-refractivity contribution in [3.8, 4) is 0 Å². The highest BCUT2D eigenvalue weighted by Gasteiger charge is 2.35. The largest absolute Gasteiger partial charge is 0.349 e. The Balaban J connectivity index is 2.52. The number of rotatable bonds is 6. The van der Waals surface area contributed by atoms with Gasteiger partial charge < -0.3 is 10.2 Å². The van der Waals surface area contributed by atoms with Crippen LogP contribution in [0.3, 0.4) is 0 Å². The second-order valence-electron chi connectivity index (χ2n) is 6.70. The summed E-state index contributed by atoms with van der Waals surface area (Å²) in [6.07, 6.45) is 1.48. The third-order valence-corrected chi connectivity index (χ3v) is 3.93. The molecular formula is C18H21FN4O2S. The Morgan fingerprint density at radius 2 is 2.08 bits per heavy atom. The van der Waals surface area contributed by atoms with Crippen molar-refractivity contribution in [2.45, 2.75) is 32.4 Å². The first kappa shape index (κ1) is 19.7. The van der Waals surface area contributed by atoms with Crippen LogP contribution in [0.5, 0.6) is 0 Å². The van der Waals surface area contributed by atoms with Gasteiger partial charge in [-0.1, -0.05) is 28.8 Å². The number of halogens is 1. The Labute approximate surface area is 155 Å². The van der Waals surface area contributed by atoms with Gasteiger partial charge in [-0.15, -0.1) is 11.7 Å². The van der Waals surface area contributed by atoms with E-state index in [4.69, 9.17) is 0 Å². The summed E-state index contributed by atoms with van der Waals surface area (Å²) in [6, 6.07) is 4.74. The minimum atomic E-state index is -1.16. The Kier molecular flexibility index (Phi) is 6.20. The van der Waals surface area contributed by atoms with Gasteiger partial charge in [-0.05, 0) is 38.4 Å². The molecule has 2 aromatic rings. The van der Waals surface area contributed by atoms with Crippen LogP contribution < -0.4 is 5.32 Å². The van der Waals surface area contributed by atoms with Crippen molar-refractivity contribution in [2.75, 3.05) is 6.54 Å². The molecule has 0 radical (unpaired) electrons. The number of aromatic nitrogens is 2. The molecule has 1 heterocycles. The van der Waals surface area contributed by atoms with E-state index in [1.54, 1.807) is 6.07 Å². The standard InChI is InChI=1S/C18H21FN4O2S/c1-5-10-23(17(25)14-11-26-22-21-14)15(16(24)20-18(2,3)4)12-8-6-7-9-13(12)19/h5-9,11,15H,1,10H2,2-4H3,(H,20,24). The van der Waals surface area contributed by atoms with E-state index >= 15 is 0 Å². The van der Waals surface area contributed by atoms with Gasteiger partial charge in [0.25, 0.3) is 5.91 Å². The first-order valence-electron chi connectivity index (χ1n) is 8.00. The Bertz CT molecular complexity index is 787. The van der Waals surface area contributed by atoms with Crippen LogP contribution >= 0.6 is 11.5 Å². The second-order valence-corrected chi connectivity index (χ2v) is 7.31. The molecule has 2 amide bonds. The quantitative estimate of drug-likeness (QED) is 0.787. The van der Waals surface area contributed by atoms with Crippen LogP contribution in [0.15, 0.2) is 42.3 Å². The lowest BCUT2D eigenvalue weighted by Crippen LogP contribution is -2.49. The lowest BCUT2D eigenvalue weighted by Gasteiger charge is -2.32. The number of hydrogen-bond donors (Lipinski definition) is 1. The molecule has 1 atom stereocenters. The second kappa shape index (κ2) is 8.18. The highest BCUT2D eigenvalue weighted by atomic mass is 32.1.